The number of amides is 1. The van der Waals surface area contributed by atoms with Gasteiger partial charge in [0.15, 0.2) is 0 Å². The van der Waals surface area contributed by atoms with Gasteiger partial charge < -0.3 is 14.4 Å². The van der Waals surface area contributed by atoms with Crippen molar-refractivity contribution in [3.63, 3.8) is 0 Å². The highest BCUT2D eigenvalue weighted by molar-refractivity contribution is 7.88. The van der Waals surface area contributed by atoms with E-state index in [9.17, 15) is 13.2 Å². The van der Waals surface area contributed by atoms with Gasteiger partial charge in [0.25, 0.3) is 5.91 Å². The standard InChI is InChI=1S/C19H28N2O5S/c1-25-18-5-3-4-15(14-18)19(22)20-10-6-16(7-11-20)26-17-8-12-21(13-9-17)27(2,23)24/h3-5,14,16-17H,6-13H2,1-2H3. The predicted octanol–water partition coefficient (Wildman–Crippen LogP) is 1.74. The Labute approximate surface area is 161 Å². The molecule has 0 radical (unpaired) electrons. The molecule has 3 rings (SSSR count). The quantitative estimate of drug-likeness (QED) is 0.758. The number of hydrogen-bond donors (Lipinski definition) is 0. The Kier molecular flexibility index (Phi) is 6.39. The van der Waals surface area contributed by atoms with E-state index in [1.807, 2.05) is 23.1 Å². The molecule has 0 aromatic heterocycles. The molecule has 2 aliphatic rings. The molecule has 0 N–H and O–H groups in total. The highest BCUT2D eigenvalue weighted by Crippen LogP contribution is 2.23. The summed E-state index contributed by atoms with van der Waals surface area (Å²) < 4.78 is 36.1. The summed E-state index contributed by atoms with van der Waals surface area (Å²) in [5.41, 5.74) is 0.641. The van der Waals surface area contributed by atoms with Crippen LogP contribution in [-0.4, -0.2) is 75.3 Å². The van der Waals surface area contributed by atoms with E-state index in [2.05, 4.69) is 0 Å². The van der Waals surface area contributed by atoms with Crippen LogP contribution in [0.1, 0.15) is 36.0 Å². The first-order valence-electron chi connectivity index (χ1n) is 9.40. The van der Waals surface area contributed by atoms with Gasteiger partial charge in [-0.05, 0) is 43.9 Å². The smallest absolute Gasteiger partial charge is 0.253 e. The van der Waals surface area contributed by atoms with Gasteiger partial charge in [0.1, 0.15) is 5.75 Å². The van der Waals surface area contributed by atoms with Gasteiger partial charge in [-0.1, -0.05) is 6.07 Å². The first kappa shape index (κ1) is 20.1. The Hall–Kier alpha value is -1.64. The Bertz CT molecular complexity index is 751. The second-order valence-corrected chi connectivity index (χ2v) is 9.20. The number of rotatable bonds is 5. The predicted molar refractivity (Wildman–Crippen MR) is 102 cm³/mol. The molecule has 2 heterocycles. The fourth-order valence-corrected chi connectivity index (χ4v) is 4.58. The minimum atomic E-state index is -3.11. The SMILES string of the molecule is COc1cccc(C(=O)N2CCC(OC3CCN(S(C)(=O)=O)CC3)CC2)c1. The monoisotopic (exact) mass is 396 g/mol. The van der Waals surface area contributed by atoms with Crippen molar-refractivity contribution in [2.75, 3.05) is 39.5 Å². The molecule has 0 atom stereocenters. The minimum Gasteiger partial charge on any atom is -0.497 e. The van der Waals surface area contributed by atoms with Gasteiger partial charge in [-0.15, -0.1) is 0 Å². The molecule has 2 fully saturated rings. The summed E-state index contributed by atoms with van der Waals surface area (Å²) in [6.45, 7) is 2.39. The molecule has 7 nitrogen and oxygen atoms in total. The number of carbonyl (C=O) groups is 1. The zero-order chi connectivity index (χ0) is 19.4. The van der Waals surface area contributed by atoms with E-state index in [4.69, 9.17) is 9.47 Å². The van der Waals surface area contributed by atoms with E-state index >= 15 is 0 Å². The van der Waals surface area contributed by atoms with E-state index in [0.717, 1.165) is 25.7 Å². The van der Waals surface area contributed by atoms with Crippen LogP contribution in [0.3, 0.4) is 0 Å². The number of piperidine rings is 2. The summed E-state index contributed by atoms with van der Waals surface area (Å²) in [7, 11) is -1.52. The van der Waals surface area contributed by atoms with Crippen molar-refractivity contribution in [3.05, 3.63) is 29.8 Å². The third-order valence-corrected chi connectivity index (χ3v) is 6.60. The summed E-state index contributed by atoms with van der Waals surface area (Å²) in [5, 5.41) is 0. The third kappa shape index (κ3) is 5.21. The lowest BCUT2D eigenvalue weighted by atomic mass is 10.0. The Morgan fingerprint density at radius 3 is 2.19 bits per heavy atom. The highest BCUT2D eigenvalue weighted by Gasteiger charge is 2.29. The maximum atomic E-state index is 12.7. The average molecular weight is 397 g/mol. The maximum absolute atomic E-state index is 12.7. The first-order chi connectivity index (χ1) is 12.9. The van der Waals surface area contributed by atoms with Gasteiger partial charge in [0, 0.05) is 31.7 Å². The van der Waals surface area contributed by atoms with Crippen LogP contribution in [0.4, 0.5) is 0 Å². The number of ether oxygens (including phenoxy) is 2. The first-order valence-corrected chi connectivity index (χ1v) is 11.3. The molecule has 0 aliphatic carbocycles. The molecular formula is C19H28N2O5S. The van der Waals surface area contributed by atoms with Crippen LogP contribution in [0.5, 0.6) is 5.75 Å². The topological polar surface area (TPSA) is 76.2 Å². The molecular weight excluding hydrogens is 368 g/mol. The summed E-state index contributed by atoms with van der Waals surface area (Å²) in [6, 6.07) is 7.22. The molecule has 150 valence electrons. The molecule has 27 heavy (non-hydrogen) atoms. The zero-order valence-corrected chi connectivity index (χ0v) is 16.8. The third-order valence-electron chi connectivity index (χ3n) is 5.30. The summed E-state index contributed by atoms with van der Waals surface area (Å²) in [6.07, 6.45) is 4.57. The lowest BCUT2D eigenvalue weighted by Gasteiger charge is -2.36. The van der Waals surface area contributed by atoms with Crippen LogP contribution in [0.25, 0.3) is 0 Å². The normalized spacial score (nSPS) is 20.6. The van der Waals surface area contributed by atoms with Crippen LogP contribution < -0.4 is 4.74 Å². The van der Waals surface area contributed by atoms with Gasteiger partial charge in [0.05, 0.1) is 25.6 Å². The second-order valence-electron chi connectivity index (χ2n) is 7.22. The molecule has 2 saturated heterocycles. The lowest BCUT2D eigenvalue weighted by molar-refractivity contribution is -0.0557. The lowest BCUT2D eigenvalue weighted by Crippen LogP contribution is -2.44. The summed E-state index contributed by atoms with van der Waals surface area (Å²) in [4.78, 5) is 14.5. The van der Waals surface area contributed by atoms with Gasteiger partial charge in [-0.25, -0.2) is 12.7 Å². The molecule has 0 unspecified atom stereocenters. The Morgan fingerprint density at radius 1 is 1.04 bits per heavy atom. The molecule has 0 bridgehead atoms. The molecule has 0 spiro atoms. The average Bonchev–Trinajstić information content (AvgIpc) is 2.68. The van der Waals surface area contributed by atoms with E-state index in [0.29, 0.717) is 37.5 Å². The fraction of sp³-hybridized carbons (Fsp3) is 0.632. The van der Waals surface area contributed by atoms with Crippen molar-refractivity contribution in [1.29, 1.82) is 0 Å². The van der Waals surface area contributed by atoms with Crippen molar-refractivity contribution in [3.8, 4) is 5.75 Å². The van der Waals surface area contributed by atoms with Crippen molar-refractivity contribution in [2.45, 2.75) is 37.9 Å². The summed E-state index contributed by atoms with van der Waals surface area (Å²) in [5.74, 6) is 0.702. The fourth-order valence-electron chi connectivity index (χ4n) is 3.71. The van der Waals surface area contributed by atoms with E-state index < -0.39 is 10.0 Å². The number of methoxy groups -OCH3 is 1. The zero-order valence-electron chi connectivity index (χ0n) is 16.0. The van der Waals surface area contributed by atoms with Gasteiger partial charge in [0.2, 0.25) is 10.0 Å². The maximum Gasteiger partial charge on any atom is 0.253 e. The van der Waals surface area contributed by atoms with Crippen LogP contribution in [0, 0.1) is 0 Å². The van der Waals surface area contributed by atoms with Crippen LogP contribution in [0.15, 0.2) is 24.3 Å². The molecule has 8 heteroatoms. The van der Waals surface area contributed by atoms with Crippen molar-refractivity contribution >= 4 is 15.9 Å². The van der Waals surface area contributed by atoms with Crippen LogP contribution >= 0.6 is 0 Å². The molecule has 2 aliphatic heterocycles. The highest BCUT2D eigenvalue weighted by atomic mass is 32.2. The van der Waals surface area contributed by atoms with Crippen molar-refractivity contribution in [2.24, 2.45) is 0 Å². The number of hydrogen-bond acceptors (Lipinski definition) is 5. The Morgan fingerprint density at radius 2 is 1.63 bits per heavy atom. The molecule has 1 aromatic carbocycles. The summed E-state index contributed by atoms with van der Waals surface area (Å²) >= 11 is 0. The number of sulfonamides is 1. The van der Waals surface area contributed by atoms with Crippen LogP contribution in [-0.2, 0) is 14.8 Å². The van der Waals surface area contributed by atoms with Crippen molar-refractivity contribution in [1.82, 2.24) is 9.21 Å². The molecule has 1 aromatic rings. The van der Waals surface area contributed by atoms with Gasteiger partial charge >= 0.3 is 0 Å². The largest absolute Gasteiger partial charge is 0.497 e. The van der Waals surface area contributed by atoms with E-state index in [-0.39, 0.29) is 18.1 Å². The second kappa shape index (κ2) is 8.58. The van der Waals surface area contributed by atoms with Gasteiger partial charge in [-0.2, -0.15) is 0 Å². The molecule has 0 saturated carbocycles. The van der Waals surface area contributed by atoms with Crippen molar-refractivity contribution < 1.29 is 22.7 Å². The van der Waals surface area contributed by atoms with Gasteiger partial charge in [-0.3, -0.25) is 4.79 Å². The number of nitrogens with zero attached hydrogens (tertiary/aromatic N) is 2. The minimum absolute atomic E-state index is 0.0220. The van der Waals surface area contributed by atoms with Crippen LogP contribution in [0.2, 0.25) is 0 Å². The number of carbonyl (C=O) groups excluding carboxylic acids is 1. The number of benzene rings is 1. The number of likely N-dealkylation sites (tertiary alicyclic amines) is 1. The molecule has 1 amide bonds. The van der Waals surface area contributed by atoms with E-state index in [1.54, 1.807) is 13.2 Å². The van der Waals surface area contributed by atoms with E-state index in [1.165, 1.54) is 10.6 Å². The Balaban J connectivity index is 1.46.